The number of nitrogens with zero attached hydrogens (tertiary/aromatic N) is 5. The van der Waals surface area contributed by atoms with Crippen molar-refractivity contribution in [2.45, 2.75) is 78.6 Å². The van der Waals surface area contributed by atoms with Gasteiger partial charge in [-0.2, -0.15) is 0 Å². The van der Waals surface area contributed by atoms with Crippen molar-refractivity contribution in [3.63, 3.8) is 0 Å². The van der Waals surface area contributed by atoms with Crippen LogP contribution >= 0.6 is 0 Å². The van der Waals surface area contributed by atoms with E-state index in [1.54, 1.807) is 5.56 Å². The molecule has 0 N–H and O–H groups in total. The lowest BCUT2D eigenvalue weighted by atomic mass is 9.47. The van der Waals surface area contributed by atoms with Crippen molar-refractivity contribution in [1.82, 2.24) is 24.5 Å². The van der Waals surface area contributed by atoms with Gasteiger partial charge in [0.2, 0.25) is 0 Å². The zero-order valence-electron chi connectivity index (χ0n) is 34.4. The molecule has 5 nitrogen and oxygen atoms in total. The van der Waals surface area contributed by atoms with Crippen molar-refractivity contribution in [1.29, 1.82) is 0 Å². The van der Waals surface area contributed by atoms with Crippen LogP contribution in [0.5, 0.6) is 0 Å². The molecule has 0 spiro atoms. The van der Waals surface area contributed by atoms with Crippen molar-refractivity contribution >= 4 is 21.8 Å². The van der Waals surface area contributed by atoms with Gasteiger partial charge in [0.25, 0.3) is 0 Å². The highest BCUT2D eigenvalue weighted by Crippen LogP contribution is 2.76. The molecule has 10 rings (SSSR count). The molecule has 5 aromatic carbocycles. The van der Waals surface area contributed by atoms with Gasteiger partial charge >= 0.3 is 0 Å². The minimum Gasteiger partial charge on any atom is -0.309 e. The molecule has 0 fully saturated rings. The van der Waals surface area contributed by atoms with E-state index in [9.17, 15) is 0 Å². The molecular formula is C52H49N5. The van der Waals surface area contributed by atoms with Crippen LogP contribution in [0, 0.1) is 10.8 Å². The Labute approximate surface area is 335 Å². The van der Waals surface area contributed by atoms with E-state index >= 15 is 0 Å². The second kappa shape index (κ2) is 11.8. The van der Waals surface area contributed by atoms with Gasteiger partial charge in [0.05, 0.1) is 16.7 Å². The normalized spacial score (nSPS) is 17.9. The van der Waals surface area contributed by atoms with E-state index < -0.39 is 0 Å². The van der Waals surface area contributed by atoms with Gasteiger partial charge in [0, 0.05) is 50.3 Å². The summed E-state index contributed by atoms with van der Waals surface area (Å²) >= 11 is 0. The zero-order chi connectivity index (χ0) is 39.7. The highest BCUT2D eigenvalue weighted by Gasteiger charge is 2.72. The van der Waals surface area contributed by atoms with Gasteiger partial charge in [-0.15, -0.1) is 0 Å². The van der Waals surface area contributed by atoms with Crippen LogP contribution in [0.2, 0.25) is 0 Å². The summed E-state index contributed by atoms with van der Waals surface area (Å²) in [5.41, 5.74) is 12.9. The standard InChI is InChI=1S/C52H49N5/c1-48(2)39-29-35(30-40-44(39)52(9,50(48,5)6)51(7,8)49(40,3)4)41-28-25-34(31-53-41)47-55-45(32-17-11-10-12-18-32)54-46(56-47)33-23-26-36(27-24-33)57-42-21-15-13-19-37(42)38-20-14-16-22-43(38)57/h10-31H,1-9H3. The number of hydrogen-bond donors (Lipinski definition) is 0. The lowest BCUT2D eigenvalue weighted by Crippen LogP contribution is -2.55. The summed E-state index contributed by atoms with van der Waals surface area (Å²) in [6.45, 7) is 22.2. The number of para-hydroxylation sites is 2. The molecule has 3 aromatic heterocycles. The van der Waals surface area contributed by atoms with Crippen LogP contribution in [0.3, 0.4) is 0 Å². The predicted molar refractivity (Wildman–Crippen MR) is 235 cm³/mol. The van der Waals surface area contributed by atoms with Crippen molar-refractivity contribution in [2.24, 2.45) is 10.8 Å². The second-order valence-corrected chi connectivity index (χ2v) is 18.6. The van der Waals surface area contributed by atoms with Crippen LogP contribution in [0.4, 0.5) is 0 Å². The van der Waals surface area contributed by atoms with Gasteiger partial charge in [-0.3, -0.25) is 4.98 Å². The van der Waals surface area contributed by atoms with Gasteiger partial charge in [-0.25, -0.2) is 15.0 Å². The molecule has 8 aromatic rings. The fourth-order valence-corrected chi connectivity index (χ4v) is 10.7. The lowest BCUT2D eigenvalue weighted by Gasteiger charge is -2.56. The Hall–Kier alpha value is -5.94. The number of rotatable bonds is 5. The summed E-state index contributed by atoms with van der Waals surface area (Å²) in [6.07, 6.45) is 1.93. The maximum atomic E-state index is 5.12. The van der Waals surface area contributed by atoms with Gasteiger partial charge in [-0.05, 0) is 99.0 Å². The first-order valence-corrected chi connectivity index (χ1v) is 20.2. The third kappa shape index (κ3) is 4.63. The summed E-state index contributed by atoms with van der Waals surface area (Å²) in [7, 11) is 0. The Morgan fingerprint density at radius 1 is 0.439 bits per heavy atom. The SMILES string of the molecule is CC1(C)c2cc(-c3ccc(-c4nc(-c5ccccc5)nc(-c5ccc(-n6c7ccccc7c7ccccc76)cc5)n4)cn3)cc3c2C(C)(C1(C)C)C(C)(C)C3(C)C. The van der Waals surface area contributed by atoms with Crippen molar-refractivity contribution < 1.29 is 0 Å². The van der Waals surface area contributed by atoms with Crippen molar-refractivity contribution in [2.75, 3.05) is 0 Å². The smallest absolute Gasteiger partial charge is 0.165 e. The molecule has 57 heavy (non-hydrogen) atoms. The van der Waals surface area contributed by atoms with E-state index in [0.29, 0.717) is 17.5 Å². The minimum atomic E-state index is -0.00761. The van der Waals surface area contributed by atoms with Crippen LogP contribution in [-0.4, -0.2) is 24.5 Å². The highest BCUT2D eigenvalue weighted by molar-refractivity contribution is 6.09. The number of benzene rings is 5. The fraction of sp³-hybridized carbons (Fsp3) is 0.269. The quantitative estimate of drug-likeness (QED) is 0.176. The lowest BCUT2D eigenvalue weighted by molar-refractivity contribution is -0.0105. The van der Waals surface area contributed by atoms with Crippen LogP contribution in [0.15, 0.2) is 134 Å². The van der Waals surface area contributed by atoms with E-state index in [1.165, 1.54) is 38.5 Å². The van der Waals surface area contributed by atoms with E-state index in [-0.39, 0.29) is 27.1 Å². The van der Waals surface area contributed by atoms with Crippen LogP contribution in [-0.2, 0) is 16.2 Å². The van der Waals surface area contributed by atoms with Gasteiger partial charge in [0.1, 0.15) is 0 Å². The molecule has 2 aliphatic carbocycles. The molecule has 2 aliphatic rings. The van der Waals surface area contributed by atoms with E-state index in [0.717, 1.165) is 28.1 Å². The Bertz CT molecular complexity index is 2790. The first kappa shape index (κ1) is 35.5. The molecule has 282 valence electrons. The van der Waals surface area contributed by atoms with E-state index in [4.69, 9.17) is 19.9 Å². The fourth-order valence-electron chi connectivity index (χ4n) is 10.7. The molecular weight excluding hydrogens is 695 g/mol. The first-order chi connectivity index (χ1) is 27.2. The minimum absolute atomic E-state index is 0.00761. The molecule has 0 bridgehead atoms. The Morgan fingerprint density at radius 2 is 0.895 bits per heavy atom. The highest BCUT2D eigenvalue weighted by atomic mass is 15.0. The summed E-state index contributed by atoms with van der Waals surface area (Å²) in [5.74, 6) is 1.85. The number of fused-ring (bicyclic) bond motifs is 3. The van der Waals surface area contributed by atoms with Crippen molar-refractivity contribution in [3.05, 3.63) is 150 Å². The third-order valence-electron chi connectivity index (χ3n) is 15.6. The maximum absolute atomic E-state index is 5.12. The molecule has 0 unspecified atom stereocenters. The molecule has 0 amide bonds. The third-order valence-corrected chi connectivity index (χ3v) is 15.6. The Kier molecular flexibility index (Phi) is 7.34. The number of hydrogen-bond acceptors (Lipinski definition) is 4. The maximum Gasteiger partial charge on any atom is 0.165 e. The molecule has 0 saturated carbocycles. The number of pyridine rings is 1. The largest absolute Gasteiger partial charge is 0.309 e. The molecule has 0 radical (unpaired) electrons. The zero-order valence-corrected chi connectivity index (χ0v) is 34.4. The summed E-state index contributed by atoms with van der Waals surface area (Å²) in [5, 5.41) is 2.48. The van der Waals surface area contributed by atoms with Gasteiger partial charge in [0.15, 0.2) is 17.5 Å². The first-order valence-electron chi connectivity index (χ1n) is 20.2. The molecule has 0 saturated heterocycles. The Balaban J connectivity index is 1.05. The molecule has 3 heterocycles. The average Bonchev–Trinajstić information content (AvgIpc) is 3.67. The van der Waals surface area contributed by atoms with Gasteiger partial charge < -0.3 is 4.57 Å². The van der Waals surface area contributed by atoms with E-state index in [1.807, 2.05) is 36.5 Å². The summed E-state index contributed by atoms with van der Waals surface area (Å²) in [6, 6.07) is 45.0. The average molecular weight is 744 g/mol. The second-order valence-electron chi connectivity index (χ2n) is 18.6. The molecule has 5 heteroatoms. The van der Waals surface area contributed by atoms with Gasteiger partial charge in [-0.1, -0.05) is 129 Å². The van der Waals surface area contributed by atoms with Crippen molar-refractivity contribution in [3.8, 4) is 51.1 Å². The predicted octanol–water partition coefficient (Wildman–Crippen LogP) is 12.9. The Morgan fingerprint density at radius 3 is 1.40 bits per heavy atom. The van der Waals surface area contributed by atoms with Crippen LogP contribution in [0.1, 0.15) is 79.0 Å². The monoisotopic (exact) mass is 743 g/mol. The summed E-state index contributed by atoms with van der Waals surface area (Å²) < 4.78 is 2.33. The van der Waals surface area contributed by atoms with Crippen LogP contribution < -0.4 is 0 Å². The topological polar surface area (TPSA) is 56.5 Å². The summed E-state index contributed by atoms with van der Waals surface area (Å²) in [4.78, 5) is 20.2. The van der Waals surface area contributed by atoms with E-state index in [2.05, 4.69) is 164 Å². The van der Waals surface area contributed by atoms with Crippen LogP contribution in [0.25, 0.3) is 72.9 Å². The number of aromatic nitrogens is 5. The molecule has 0 atom stereocenters. The molecule has 0 aliphatic heterocycles.